The molecule has 3 heteroatoms. The maximum absolute atomic E-state index is 9.34. The Bertz CT molecular complexity index is 419. The van der Waals surface area contributed by atoms with Crippen molar-refractivity contribution in [3.05, 3.63) is 28.8 Å². The number of hydrogen-bond acceptors (Lipinski definition) is 2. The van der Waals surface area contributed by atoms with Crippen LogP contribution in [0.3, 0.4) is 0 Å². The second-order valence-electron chi connectivity index (χ2n) is 5.21. The highest BCUT2D eigenvalue weighted by Crippen LogP contribution is 2.46. The van der Waals surface area contributed by atoms with Crippen LogP contribution < -0.4 is 4.74 Å². The van der Waals surface area contributed by atoms with E-state index in [0.29, 0.717) is 17.0 Å². The predicted molar refractivity (Wildman–Crippen MR) is 67.2 cm³/mol. The first-order valence-corrected chi connectivity index (χ1v) is 6.70. The lowest BCUT2D eigenvalue weighted by Gasteiger charge is -2.24. The number of fused-ring (bicyclic) bond motifs is 2. The van der Waals surface area contributed by atoms with E-state index in [9.17, 15) is 5.11 Å². The lowest BCUT2D eigenvalue weighted by molar-refractivity contribution is 0.134. The van der Waals surface area contributed by atoms with Crippen LogP contribution in [0.25, 0.3) is 0 Å². The Hall–Kier alpha value is -0.730. The molecule has 92 valence electrons. The first-order valence-electron chi connectivity index (χ1n) is 6.33. The quantitative estimate of drug-likeness (QED) is 0.894. The van der Waals surface area contributed by atoms with E-state index < -0.39 is 0 Å². The molecule has 0 aromatic heterocycles. The summed E-state index contributed by atoms with van der Waals surface area (Å²) in [5.74, 6) is 2.34. The molecule has 0 heterocycles. The normalized spacial score (nSPS) is 30.8. The van der Waals surface area contributed by atoms with Crippen molar-refractivity contribution in [1.82, 2.24) is 0 Å². The van der Waals surface area contributed by atoms with Gasteiger partial charge in [-0.25, -0.2) is 0 Å². The Kier molecular flexibility index (Phi) is 3.01. The predicted octanol–water partition coefficient (Wildman–Crippen LogP) is 3.40. The van der Waals surface area contributed by atoms with Crippen LogP contribution >= 0.6 is 11.6 Å². The molecule has 2 nitrogen and oxygen atoms in total. The first kappa shape index (κ1) is 11.4. The summed E-state index contributed by atoms with van der Waals surface area (Å²) < 4.78 is 6.07. The van der Waals surface area contributed by atoms with E-state index >= 15 is 0 Å². The molecule has 1 aromatic rings. The molecule has 2 bridgehead atoms. The van der Waals surface area contributed by atoms with Gasteiger partial charge in [-0.2, -0.15) is 0 Å². The van der Waals surface area contributed by atoms with Gasteiger partial charge in [-0.15, -0.1) is 0 Å². The smallest absolute Gasteiger partial charge is 0.126 e. The molecule has 3 atom stereocenters. The summed E-state index contributed by atoms with van der Waals surface area (Å²) >= 11 is 6.05. The minimum absolute atomic E-state index is 0.0597. The van der Waals surface area contributed by atoms with E-state index in [-0.39, 0.29) is 6.61 Å². The summed E-state index contributed by atoms with van der Waals surface area (Å²) in [6.45, 7) is -0.0597. The summed E-state index contributed by atoms with van der Waals surface area (Å²) in [6, 6.07) is 5.58. The van der Waals surface area contributed by atoms with Crippen LogP contribution in [-0.2, 0) is 6.61 Å². The van der Waals surface area contributed by atoms with Crippen LogP contribution in [0.15, 0.2) is 18.2 Å². The molecule has 0 amide bonds. The van der Waals surface area contributed by atoms with Crippen molar-refractivity contribution < 1.29 is 9.84 Å². The molecule has 1 N–H and O–H groups in total. The Labute approximate surface area is 107 Å². The zero-order valence-electron chi connectivity index (χ0n) is 9.73. The third kappa shape index (κ3) is 2.04. The summed E-state index contributed by atoms with van der Waals surface area (Å²) in [5.41, 5.74) is 0.719. The molecule has 2 fully saturated rings. The molecule has 1 aromatic carbocycles. The van der Waals surface area contributed by atoms with Gasteiger partial charge in [0.1, 0.15) is 11.9 Å². The van der Waals surface area contributed by atoms with Gasteiger partial charge in [-0.05, 0) is 49.7 Å². The van der Waals surface area contributed by atoms with Crippen LogP contribution in [0.2, 0.25) is 5.02 Å². The van der Waals surface area contributed by atoms with Gasteiger partial charge in [-0.1, -0.05) is 17.7 Å². The van der Waals surface area contributed by atoms with Gasteiger partial charge in [-0.3, -0.25) is 0 Å². The molecule has 3 rings (SSSR count). The van der Waals surface area contributed by atoms with Crippen LogP contribution in [-0.4, -0.2) is 11.2 Å². The molecule has 3 unspecified atom stereocenters. The minimum atomic E-state index is -0.0597. The van der Waals surface area contributed by atoms with Crippen LogP contribution in [0, 0.1) is 11.8 Å². The zero-order chi connectivity index (χ0) is 11.8. The summed E-state index contributed by atoms with van der Waals surface area (Å²) in [7, 11) is 0. The Morgan fingerprint density at radius 3 is 2.82 bits per heavy atom. The number of aliphatic hydroxyl groups excluding tert-OH is 1. The lowest BCUT2D eigenvalue weighted by atomic mass is 9.97. The fourth-order valence-corrected chi connectivity index (χ4v) is 3.52. The minimum Gasteiger partial charge on any atom is -0.490 e. The maximum atomic E-state index is 9.34. The Balaban J connectivity index is 1.79. The van der Waals surface area contributed by atoms with Crippen molar-refractivity contribution in [3.63, 3.8) is 0 Å². The number of ether oxygens (including phenoxy) is 1. The van der Waals surface area contributed by atoms with Crippen molar-refractivity contribution in [2.24, 2.45) is 11.8 Å². The second kappa shape index (κ2) is 4.51. The van der Waals surface area contributed by atoms with Crippen molar-refractivity contribution in [3.8, 4) is 5.75 Å². The molecule has 0 saturated heterocycles. The maximum Gasteiger partial charge on any atom is 0.126 e. The Morgan fingerprint density at radius 2 is 2.18 bits per heavy atom. The molecule has 17 heavy (non-hydrogen) atoms. The highest BCUT2D eigenvalue weighted by molar-refractivity contribution is 6.31. The van der Waals surface area contributed by atoms with E-state index in [1.54, 1.807) is 6.07 Å². The fourth-order valence-electron chi connectivity index (χ4n) is 3.30. The van der Waals surface area contributed by atoms with E-state index in [1.165, 1.54) is 25.7 Å². The number of aliphatic hydroxyl groups is 1. The largest absolute Gasteiger partial charge is 0.490 e. The molecular formula is C14H17ClO2. The monoisotopic (exact) mass is 252 g/mol. The molecule has 2 aliphatic carbocycles. The first-order chi connectivity index (χ1) is 8.28. The van der Waals surface area contributed by atoms with Crippen molar-refractivity contribution in [1.29, 1.82) is 0 Å². The van der Waals surface area contributed by atoms with Crippen molar-refractivity contribution in [2.75, 3.05) is 0 Å². The van der Waals surface area contributed by atoms with Gasteiger partial charge in [0.2, 0.25) is 0 Å². The van der Waals surface area contributed by atoms with Crippen LogP contribution in [0.4, 0.5) is 0 Å². The van der Waals surface area contributed by atoms with E-state index in [4.69, 9.17) is 16.3 Å². The summed E-state index contributed by atoms with van der Waals surface area (Å²) in [6.07, 6.45) is 5.48. The molecular weight excluding hydrogens is 236 g/mol. The number of halogens is 1. The highest BCUT2D eigenvalue weighted by atomic mass is 35.5. The van der Waals surface area contributed by atoms with Gasteiger partial charge in [0.25, 0.3) is 0 Å². The fraction of sp³-hybridized carbons (Fsp3) is 0.571. The van der Waals surface area contributed by atoms with E-state index in [1.807, 2.05) is 12.1 Å². The highest BCUT2D eigenvalue weighted by Gasteiger charge is 2.41. The van der Waals surface area contributed by atoms with Gasteiger partial charge < -0.3 is 9.84 Å². The summed E-state index contributed by atoms with van der Waals surface area (Å²) in [4.78, 5) is 0. The van der Waals surface area contributed by atoms with Gasteiger partial charge >= 0.3 is 0 Å². The van der Waals surface area contributed by atoms with Gasteiger partial charge in [0.15, 0.2) is 0 Å². The third-order valence-electron chi connectivity index (χ3n) is 4.19. The second-order valence-corrected chi connectivity index (χ2v) is 5.61. The van der Waals surface area contributed by atoms with Crippen LogP contribution in [0.5, 0.6) is 5.75 Å². The van der Waals surface area contributed by atoms with Gasteiger partial charge in [0, 0.05) is 10.6 Å². The van der Waals surface area contributed by atoms with Crippen molar-refractivity contribution >= 4 is 11.6 Å². The van der Waals surface area contributed by atoms with E-state index in [2.05, 4.69) is 0 Å². The third-order valence-corrected chi connectivity index (χ3v) is 4.54. The molecule has 2 saturated carbocycles. The lowest BCUT2D eigenvalue weighted by Crippen LogP contribution is -2.24. The molecule has 0 aliphatic heterocycles. The number of benzene rings is 1. The average molecular weight is 253 g/mol. The standard InChI is InChI=1S/C14H17ClO2/c15-12-2-1-3-13(11(12)8-16)17-14-7-9-4-5-10(14)6-9/h1-3,9-10,14,16H,4-8H2. The summed E-state index contributed by atoms with van der Waals surface area (Å²) in [5, 5.41) is 9.93. The topological polar surface area (TPSA) is 29.5 Å². The number of hydrogen-bond donors (Lipinski definition) is 1. The number of rotatable bonds is 3. The zero-order valence-corrected chi connectivity index (χ0v) is 10.5. The Morgan fingerprint density at radius 1 is 1.29 bits per heavy atom. The molecule has 2 aliphatic rings. The van der Waals surface area contributed by atoms with Gasteiger partial charge in [0.05, 0.1) is 6.61 Å². The molecule has 0 spiro atoms. The average Bonchev–Trinajstić information content (AvgIpc) is 2.91. The molecule has 0 radical (unpaired) electrons. The van der Waals surface area contributed by atoms with Crippen LogP contribution in [0.1, 0.15) is 31.2 Å². The van der Waals surface area contributed by atoms with Crippen molar-refractivity contribution in [2.45, 2.75) is 38.4 Å². The SMILES string of the molecule is OCc1c(Cl)cccc1OC1CC2CCC1C2. The van der Waals surface area contributed by atoms with E-state index in [0.717, 1.165) is 17.2 Å².